The number of benzene rings is 2. The molecule has 2 N–H and O–H groups in total. The van der Waals surface area contributed by atoms with E-state index >= 15 is 0 Å². The van der Waals surface area contributed by atoms with Gasteiger partial charge in [0.2, 0.25) is 0 Å². The van der Waals surface area contributed by atoms with E-state index in [-0.39, 0.29) is 6.03 Å². The number of ether oxygens (including phenoxy) is 1. The summed E-state index contributed by atoms with van der Waals surface area (Å²) in [6.07, 6.45) is 1.77. The van der Waals surface area contributed by atoms with Crippen LogP contribution in [-0.4, -0.2) is 32.3 Å². The van der Waals surface area contributed by atoms with Crippen LogP contribution < -0.4 is 15.5 Å². The zero-order chi connectivity index (χ0) is 18.4. The minimum atomic E-state index is -0.207. The van der Waals surface area contributed by atoms with Crippen molar-refractivity contribution in [2.45, 2.75) is 26.7 Å². The third-order valence-electron chi connectivity index (χ3n) is 4.74. The molecule has 1 aliphatic rings. The van der Waals surface area contributed by atoms with Gasteiger partial charge in [0.05, 0.1) is 24.6 Å². The molecular weight excluding hydrogens is 326 g/mol. The van der Waals surface area contributed by atoms with Crippen LogP contribution in [0.3, 0.4) is 0 Å². The number of para-hydroxylation sites is 3. The van der Waals surface area contributed by atoms with Gasteiger partial charge in [-0.25, -0.2) is 4.79 Å². The maximum Gasteiger partial charge on any atom is 0.323 e. The molecule has 1 aliphatic heterocycles. The molecule has 5 nitrogen and oxygen atoms in total. The average Bonchev–Trinajstić information content (AvgIpc) is 2.69. The maximum atomic E-state index is 12.7. The number of urea groups is 1. The summed E-state index contributed by atoms with van der Waals surface area (Å²) in [6.45, 7) is 7.30. The highest BCUT2D eigenvalue weighted by Gasteiger charge is 2.16. The normalized spacial score (nSPS) is 14.2. The second-order valence-corrected chi connectivity index (χ2v) is 6.35. The highest BCUT2D eigenvalue weighted by atomic mass is 16.5. The van der Waals surface area contributed by atoms with Crippen molar-refractivity contribution in [3.05, 3.63) is 53.6 Å². The van der Waals surface area contributed by atoms with E-state index in [2.05, 4.69) is 47.6 Å². The lowest BCUT2D eigenvalue weighted by molar-refractivity contribution is 0.123. The molecule has 0 spiro atoms. The first kappa shape index (κ1) is 18.3. The molecule has 1 heterocycles. The van der Waals surface area contributed by atoms with Gasteiger partial charge in [-0.3, -0.25) is 0 Å². The zero-order valence-electron chi connectivity index (χ0n) is 15.5. The van der Waals surface area contributed by atoms with Crippen LogP contribution >= 0.6 is 0 Å². The van der Waals surface area contributed by atoms with E-state index in [1.807, 2.05) is 24.3 Å². The Hall–Kier alpha value is -2.53. The Morgan fingerprint density at radius 3 is 2.27 bits per heavy atom. The number of hydrogen-bond acceptors (Lipinski definition) is 3. The number of nitrogens with one attached hydrogen (secondary N) is 2. The predicted molar refractivity (Wildman–Crippen MR) is 107 cm³/mol. The van der Waals surface area contributed by atoms with Gasteiger partial charge in [-0.15, -0.1) is 0 Å². The highest BCUT2D eigenvalue weighted by Crippen LogP contribution is 2.27. The fourth-order valence-electron chi connectivity index (χ4n) is 3.33. The third-order valence-corrected chi connectivity index (χ3v) is 4.74. The zero-order valence-corrected chi connectivity index (χ0v) is 15.5. The van der Waals surface area contributed by atoms with E-state index in [4.69, 9.17) is 4.74 Å². The van der Waals surface area contributed by atoms with Gasteiger partial charge in [-0.1, -0.05) is 44.2 Å². The summed E-state index contributed by atoms with van der Waals surface area (Å²) < 4.78 is 5.43. The van der Waals surface area contributed by atoms with Crippen LogP contribution in [0.2, 0.25) is 0 Å². The topological polar surface area (TPSA) is 53.6 Å². The van der Waals surface area contributed by atoms with Crippen molar-refractivity contribution < 1.29 is 9.53 Å². The first-order valence-corrected chi connectivity index (χ1v) is 9.33. The van der Waals surface area contributed by atoms with Crippen molar-refractivity contribution >= 4 is 23.1 Å². The molecule has 0 bridgehead atoms. The fourth-order valence-corrected chi connectivity index (χ4v) is 3.33. The number of morpholine rings is 1. The molecule has 0 radical (unpaired) electrons. The minimum absolute atomic E-state index is 0.207. The molecule has 3 rings (SSSR count). The first-order chi connectivity index (χ1) is 12.7. The van der Waals surface area contributed by atoms with Crippen LogP contribution in [0, 0.1) is 0 Å². The Morgan fingerprint density at radius 2 is 1.62 bits per heavy atom. The van der Waals surface area contributed by atoms with Gasteiger partial charge >= 0.3 is 6.03 Å². The van der Waals surface area contributed by atoms with Gasteiger partial charge in [0, 0.05) is 18.8 Å². The smallest absolute Gasteiger partial charge is 0.323 e. The summed E-state index contributed by atoms with van der Waals surface area (Å²) in [4.78, 5) is 14.9. The van der Waals surface area contributed by atoms with E-state index in [0.717, 1.165) is 54.1 Å². The molecule has 0 aliphatic carbocycles. The number of anilines is 3. The number of aryl methyl sites for hydroxylation is 2. The van der Waals surface area contributed by atoms with Crippen LogP contribution in [0.15, 0.2) is 42.5 Å². The quantitative estimate of drug-likeness (QED) is 0.843. The lowest BCUT2D eigenvalue weighted by atomic mass is 10.0. The Morgan fingerprint density at radius 1 is 0.962 bits per heavy atom. The van der Waals surface area contributed by atoms with Gasteiger partial charge in [-0.05, 0) is 36.1 Å². The summed E-state index contributed by atoms with van der Waals surface area (Å²) in [5, 5.41) is 6.09. The summed E-state index contributed by atoms with van der Waals surface area (Å²) in [5.41, 5.74) is 5.09. The minimum Gasteiger partial charge on any atom is -0.378 e. The molecule has 2 amide bonds. The predicted octanol–water partition coefficient (Wildman–Crippen LogP) is 4.29. The Kier molecular flexibility index (Phi) is 6.12. The monoisotopic (exact) mass is 353 g/mol. The number of nitrogens with zero attached hydrogens (tertiary/aromatic N) is 1. The number of carbonyl (C=O) groups is 1. The molecule has 0 unspecified atom stereocenters. The second kappa shape index (κ2) is 8.72. The SMILES string of the molecule is CCc1cccc(CC)c1NC(=O)Nc1ccccc1N1CCOCC1. The molecule has 26 heavy (non-hydrogen) atoms. The lowest BCUT2D eigenvalue weighted by Gasteiger charge is -2.30. The summed E-state index contributed by atoms with van der Waals surface area (Å²) in [6, 6.07) is 13.9. The molecule has 2 aromatic carbocycles. The van der Waals surface area contributed by atoms with E-state index in [1.54, 1.807) is 0 Å². The van der Waals surface area contributed by atoms with Gasteiger partial charge in [-0.2, -0.15) is 0 Å². The largest absolute Gasteiger partial charge is 0.378 e. The summed E-state index contributed by atoms with van der Waals surface area (Å²) in [7, 11) is 0. The standard InChI is InChI=1S/C21H27N3O2/c1-3-16-8-7-9-17(4-2)20(16)23-21(25)22-18-10-5-6-11-19(18)24-12-14-26-15-13-24/h5-11H,3-4,12-15H2,1-2H3,(H2,22,23,25). The van der Waals surface area contributed by atoms with Crippen molar-refractivity contribution in [1.82, 2.24) is 0 Å². The Bertz CT molecular complexity index is 732. The number of amides is 2. The summed E-state index contributed by atoms with van der Waals surface area (Å²) in [5.74, 6) is 0. The van der Waals surface area contributed by atoms with Crippen molar-refractivity contribution in [1.29, 1.82) is 0 Å². The molecular formula is C21H27N3O2. The molecule has 5 heteroatoms. The molecule has 0 saturated carbocycles. The highest BCUT2D eigenvalue weighted by molar-refractivity contribution is 6.02. The third kappa shape index (κ3) is 4.17. The molecule has 1 saturated heterocycles. The van der Waals surface area contributed by atoms with E-state index in [0.29, 0.717) is 13.2 Å². The average molecular weight is 353 g/mol. The van der Waals surface area contributed by atoms with Crippen molar-refractivity contribution in [2.75, 3.05) is 41.8 Å². The van der Waals surface area contributed by atoms with Crippen molar-refractivity contribution in [3.63, 3.8) is 0 Å². The summed E-state index contributed by atoms with van der Waals surface area (Å²) >= 11 is 0. The van der Waals surface area contributed by atoms with Crippen LogP contribution in [0.5, 0.6) is 0 Å². The van der Waals surface area contributed by atoms with Crippen LogP contribution in [0.1, 0.15) is 25.0 Å². The number of carbonyl (C=O) groups excluding carboxylic acids is 1. The molecule has 1 fully saturated rings. The molecule has 0 aromatic heterocycles. The fraction of sp³-hybridized carbons (Fsp3) is 0.381. The van der Waals surface area contributed by atoms with Gasteiger partial charge < -0.3 is 20.3 Å². The van der Waals surface area contributed by atoms with E-state index in [9.17, 15) is 4.79 Å². The molecule has 138 valence electrons. The van der Waals surface area contributed by atoms with Gasteiger partial charge in [0.25, 0.3) is 0 Å². The molecule has 2 aromatic rings. The van der Waals surface area contributed by atoms with E-state index < -0.39 is 0 Å². The van der Waals surface area contributed by atoms with Gasteiger partial charge in [0.1, 0.15) is 0 Å². The number of hydrogen-bond donors (Lipinski definition) is 2. The Balaban J connectivity index is 1.77. The van der Waals surface area contributed by atoms with Crippen LogP contribution in [0.25, 0.3) is 0 Å². The van der Waals surface area contributed by atoms with E-state index in [1.165, 1.54) is 0 Å². The lowest BCUT2D eigenvalue weighted by Crippen LogP contribution is -2.37. The maximum absolute atomic E-state index is 12.7. The second-order valence-electron chi connectivity index (χ2n) is 6.35. The first-order valence-electron chi connectivity index (χ1n) is 9.33. The van der Waals surface area contributed by atoms with Crippen molar-refractivity contribution in [2.24, 2.45) is 0 Å². The molecule has 0 atom stereocenters. The van der Waals surface area contributed by atoms with Crippen LogP contribution in [-0.2, 0) is 17.6 Å². The van der Waals surface area contributed by atoms with Gasteiger partial charge in [0.15, 0.2) is 0 Å². The van der Waals surface area contributed by atoms with Crippen LogP contribution in [0.4, 0.5) is 21.9 Å². The van der Waals surface area contributed by atoms with Crippen molar-refractivity contribution in [3.8, 4) is 0 Å². The number of rotatable bonds is 5. The Labute approximate surface area is 155 Å².